The summed E-state index contributed by atoms with van der Waals surface area (Å²) in [4.78, 5) is 11.8. The lowest BCUT2D eigenvalue weighted by Crippen LogP contribution is -2.25. The average molecular weight is 363 g/mol. The summed E-state index contributed by atoms with van der Waals surface area (Å²) < 4.78 is 27.0. The van der Waals surface area contributed by atoms with Gasteiger partial charge < -0.3 is 9.73 Å². The first-order chi connectivity index (χ1) is 10.3. The van der Waals surface area contributed by atoms with Crippen molar-refractivity contribution in [2.24, 2.45) is 5.14 Å². The van der Waals surface area contributed by atoms with Gasteiger partial charge in [-0.3, -0.25) is 4.79 Å². The van der Waals surface area contributed by atoms with Gasteiger partial charge in [0.15, 0.2) is 5.76 Å². The van der Waals surface area contributed by atoms with Crippen LogP contribution in [0.15, 0.2) is 39.8 Å². The van der Waals surface area contributed by atoms with Gasteiger partial charge in [-0.15, -0.1) is 0 Å². The number of carbonyl (C=O) groups excluding carboxylic acids is 1. The van der Waals surface area contributed by atoms with Crippen LogP contribution in [0.3, 0.4) is 0 Å². The minimum absolute atomic E-state index is 0.138. The minimum Gasteiger partial charge on any atom is -0.438 e. The number of halogens is 2. The molecule has 0 aliphatic carbocycles. The van der Waals surface area contributed by atoms with Gasteiger partial charge >= 0.3 is 0 Å². The lowest BCUT2D eigenvalue weighted by Gasteiger charge is -2.06. The Morgan fingerprint density at radius 1 is 1.23 bits per heavy atom. The second kappa shape index (κ2) is 6.70. The third-order valence-corrected chi connectivity index (χ3v) is 4.44. The van der Waals surface area contributed by atoms with Crippen molar-refractivity contribution in [2.45, 2.75) is 11.5 Å². The molecule has 1 heterocycles. The number of carbonyl (C=O) groups is 1. The average Bonchev–Trinajstić information content (AvgIpc) is 2.93. The van der Waals surface area contributed by atoms with Crippen LogP contribution in [0.2, 0.25) is 10.0 Å². The number of nitrogens with two attached hydrogens (primary N) is 1. The van der Waals surface area contributed by atoms with Gasteiger partial charge in [0.25, 0.3) is 15.9 Å². The summed E-state index contributed by atoms with van der Waals surface area (Å²) in [6, 6.07) is 7.59. The molecule has 1 aromatic heterocycles. The normalized spacial score (nSPS) is 11.4. The van der Waals surface area contributed by atoms with E-state index in [0.29, 0.717) is 16.5 Å². The van der Waals surface area contributed by atoms with Crippen LogP contribution >= 0.6 is 23.2 Å². The smallest absolute Gasteiger partial charge is 0.287 e. The molecule has 0 fully saturated rings. The topological polar surface area (TPSA) is 102 Å². The fourth-order valence-corrected chi connectivity index (χ4v) is 2.61. The van der Waals surface area contributed by atoms with Gasteiger partial charge in [0.05, 0.1) is 10.0 Å². The van der Waals surface area contributed by atoms with Gasteiger partial charge in [0, 0.05) is 6.54 Å². The third-order valence-electron chi connectivity index (χ3n) is 2.80. The Hall–Kier alpha value is -1.54. The van der Waals surface area contributed by atoms with Crippen LogP contribution in [0.5, 0.6) is 0 Å². The monoisotopic (exact) mass is 362 g/mol. The number of amides is 1. The molecule has 0 saturated carbocycles. The molecule has 118 valence electrons. The Bertz CT molecular complexity index is 802. The lowest BCUT2D eigenvalue weighted by molar-refractivity contribution is 0.0921. The molecule has 0 saturated heterocycles. The van der Waals surface area contributed by atoms with Crippen molar-refractivity contribution < 1.29 is 17.6 Å². The van der Waals surface area contributed by atoms with Gasteiger partial charge in [-0.2, -0.15) is 0 Å². The molecule has 0 aliphatic heterocycles. The van der Waals surface area contributed by atoms with Crippen LogP contribution in [0.25, 0.3) is 0 Å². The van der Waals surface area contributed by atoms with Crippen LogP contribution in [0, 0.1) is 0 Å². The summed E-state index contributed by atoms with van der Waals surface area (Å²) in [5, 5.41) is 7.90. The van der Waals surface area contributed by atoms with E-state index in [0.717, 1.165) is 11.6 Å². The molecule has 2 rings (SSSR count). The lowest BCUT2D eigenvalue weighted by atomic mass is 10.1. The standard InChI is InChI=1S/C13H12Cl2N2O4S/c14-9-3-1-2-8(12(9)15)6-7-17-13(18)10-4-5-11(21-10)22(16,19)20/h1-5H,6-7H2,(H,17,18)(H2,16,19,20). The van der Waals surface area contributed by atoms with E-state index < -0.39 is 21.0 Å². The molecule has 9 heteroatoms. The zero-order valence-electron chi connectivity index (χ0n) is 11.2. The van der Waals surface area contributed by atoms with E-state index in [4.69, 9.17) is 32.8 Å². The van der Waals surface area contributed by atoms with Crippen molar-refractivity contribution in [1.29, 1.82) is 0 Å². The predicted octanol–water partition coefficient (Wildman–Crippen LogP) is 2.21. The summed E-state index contributed by atoms with van der Waals surface area (Å²) in [6.45, 7) is 0.282. The first kappa shape index (κ1) is 16.8. The second-order valence-corrected chi connectivity index (χ2v) is 6.66. The first-order valence-electron chi connectivity index (χ1n) is 6.13. The molecule has 1 aromatic carbocycles. The van der Waals surface area contributed by atoms with Crippen LogP contribution < -0.4 is 10.5 Å². The molecule has 0 spiro atoms. The van der Waals surface area contributed by atoms with E-state index in [9.17, 15) is 13.2 Å². The van der Waals surface area contributed by atoms with E-state index in [2.05, 4.69) is 5.32 Å². The molecule has 0 radical (unpaired) electrons. The number of sulfonamides is 1. The predicted molar refractivity (Wildman–Crippen MR) is 82.6 cm³/mol. The van der Waals surface area contributed by atoms with Crippen molar-refractivity contribution in [3.8, 4) is 0 Å². The zero-order chi connectivity index (χ0) is 16.3. The molecule has 0 unspecified atom stereocenters. The zero-order valence-corrected chi connectivity index (χ0v) is 13.5. The molecule has 2 aromatic rings. The van der Waals surface area contributed by atoms with Crippen LogP contribution in [-0.4, -0.2) is 20.9 Å². The highest BCUT2D eigenvalue weighted by molar-refractivity contribution is 7.89. The highest BCUT2D eigenvalue weighted by Gasteiger charge is 2.17. The van der Waals surface area contributed by atoms with E-state index in [1.54, 1.807) is 18.2 Å². The van der Waals surface area contributed by atoms with Crippen molar-refractivity contribution >= 4 is 39.1 Å². The Balaban J connectivity index is 1.96. The SMILES string of the molecule is NS(=O)(=O)c1ccc(C(=O)NCCc2cccc(Cl)c2Cl)o1. The fraction of sp³-hybridized carbons (Fsp3) is 0.154. The molecular weight excluding hydrogens is 351 g/mol. The van der Waals surface area contributed by atoms with E-state index in [-0.39, 0.29) is 12.3 Å². The second-order valence-electron chi connectivity index (χ2n) is 4.38. The number of benzene rings is 1. The molecule has 1 amide bonds. The van der Waals surface area contributed by atoms with Gasteiger partial charge in [-0.1, -0.05) is 35.3 Å². The largest absolute Gasteiger partial charge is 0.438 e. The summed E-state index contributed by atoms with van der Waals surface area (Å²) in [6.07, 6.45) is 0.466. The number of hydrogen-bond donors (Lipinski definition) is 2. The van der Waals surface area contributed by atoms with Crippen LogP contribution in [-0.2, 0) is 16.4 Å². The quantitative estimate of drug-likeness (QED) is 0.850. The number of furan rings is 1. The summed E-state index contributed by atoms with van der Waals surface area (Å²) >= 11 is 11.9. The molecule has 0 atom stereocenters. The number of rotatable bonds is 5. The van der Waals surface area contributed by atoms with Crippen molar-refractivity contribution in [3.05, 3.63) is 51.7 Å². The molecule has 0 aliphatic rings. The van der Waals surface area contributed by atoms with Gasteiger partial charge in [-0.05, 0) is 30.2 Å². The number of hydrogen-bond acceptors (Lipinski definition) is 4. The van der Waals surface area contributed by atoms with Crippen LogP contribution in [0.4, 0.5) is 0 Å². The Kier molecular flexibility index (Phi) is 5.12. The van der Waals surface area contributed by atoms with Gasteiger partial charge in [-0.25, -0.2) is 13.6 Å². The van der Waals surface area contributed by atoms with Crippen molar-refractivity contribution in [1.82, 2.24) is 5.32 Å². The highest BCUT2D eigenvalue weighted by Crippen LogP contribution is 2.25. The Labute approximate surface area is 137 Å². The maximum absolute atomic E-state index is 11.8. The third kappa shape index (κ3) is 4.01. The molecule has 0 bridgehead atoms. The Morgan fingerprint density at radius 3 is 2.59 bits per heavy atom. The summed E-state index contributed by atoms with van der Waals surface area (Å²) in [5.74, 6) is -0.686. The van der Waals surface area contributed by atoms with E-state index in [1.165, 1.54) is 6.07 Å². The molecule has 6 nitrogen and oxygen atoms in total. The van der Waals surface area contributed by atoms with Crippen LogP contribution in [0.1, 0.15) is 16.1 Å². The van der Waals surface area contributed by atoms with E-state index >= 15 is 0 Å². The minimum atomic E-state index is -3.97. The van der Waals surface area contributed by atoms with Crippen molar-refractivity contribution in [3.63, 3.8) is 0 Å². The van der Waals surface area contributed by atoms with Crippen molar-refractivity contribution in [2.75, 3.05) is 6.54 Å². The maximum Gasteiger partial charge on any atom is 0.287 e. The summed E-state index contributed by atoms with van der Waals surface area (Å²) in [7, 11) is -3.97. The number of primary sulfonamides is 1. The number of nitrogens with one attached hydrogen (secondary N) is 1. The fourth-order valence-electron chi connectivity index (χ4n) is 1.73. The van der Waals surface area contributed by atoms with E-state index in [1.807, 2.05) is 0 Å². The molecule has 22 heavy (non-hydrogen) atoms. The molecular formula is C13H12Cl2N2O4S. The highest BCUT2D eigenvalue weighted by atomic mass is 35.5. The van der Waals surface area contributed by atoms with Gasteiger partial charge in [0.2, 0.25) is 5.09 Å². The maximum atomic E-state index is 11.8. The summed E-state index contributed by atoms with van der Waals surface area (Å²) in [5.41, 5.74) is 0.791. The van der Waals surface area contributed by atoms with Gasteiger partial charge in [0.1, 0.15) is 0 Å². The Morgan fingerprint density at radius 2 is 1.95 bits per heavy atom. The first-order valence-corrected chi connectivity index (χ1v) is 8.43. The molecule has 3 N–H and O–H groups in total.